The van der Waals surface area contributed by atoms with Crippen LogP contribution in [0, 0.1) is 13.8 Å². The van der Waals surface area contributed by atoms with Crippen molar-refractivity contribution in [1.29, 1.82) is 0 Å². The van der Waals surface area contributed by atoms with Crippen LogP contribution in [0.5, 0.6) is 0 Å². The van der Waals surface area contributed by atoms with Crippen LogP contribution in [0.4, 0.5) is 0 Å². The molecule has 1 saturated carbocycles. The smallest absolute Gasteiger partial charge is 0.0329 e. The third kappa shape index (κ3) is 5.12. The third-order valence-corrected chi connectivity index (χ3v) is 4.56. The molecule has 0 aliphatic heterocycles. The number of aryl methyl sites for hydroxylation is 2. The molecule has 1 aromatic carbocycles. The predicted molar refractivity (Wildman–Crippen MR) is 91.8 cm³/mol. The van der Waals surface area contributed by atoms with Gasteiger partial charge in [-0.2, -0.15) is 0 Å². The van der Waals surface area contributed by atoms with Crippen LogP contribution in [0.15, 0.2) is 18.2 Å². The van der Waals surface area contributed by atoms with E-state index in [4.69, 9.17) is 0 Å². The Hall–Kier alpha value is -0.860. The maximum Gasteiger partial charge on any atom is 0.0329 e. The zero-order chi connectivity index (χ0) is 15.2. The van der Waals surface area contributed by atoms with E-state index in [9.17, 15) is 0 Å². The van der Waals surface area contributed by atoms with E-state index in [0.717, 1.165) is 6.04 Å². The average Bonchev–Trinajstić information content (AvgIpc) is 3.26. The molecule has 118 valence electrons. The van der Waals surface area contributed by atoms with E-state index in [0.29, 0.717) is 6.04 Å². The lowest BCUT2D eigenvalue weighted by atomic mass is 9.99. The van der Waals surface area contributed by atoms with Crippen LogP contribution in [0.3, 0.4) is 0 Å². The van der Waals surface area contributed by atoms with Gasteiger partial charge in [0.1, 0.15) is 0 Å². The van der Waals surface area contributed by atoms with Gasteiger partial charge in [0.2, 0.25) is 0 Å². The topological polar surface area (TPSA) is 15.3 Å². The fourth-order valence-electron chi connectivity index (χ4n) is 3.26. The van der Waals surface area contributed by atoms with Crippen LogP contribution >= 0.6 is 0 Å². The number of benzene rings is 1. The minimum Gasteiger partial charge on any atom is -0.313 e. The van der Waals surface area contributed by atoms with Crippen LogP contribution in [0.1, 0.15) is 61.8 Å². The lowest BCUT2D eigenvalue weighted by molar-refractivity contribution is 0.245. The maximum atomic E-state index is 3.52. The Kier molecular flexibility index (Phi) is 6.25. The van der Waals surface area contributed by atoms with Gasteiger partial charge in [-0.25, -0.2) is 0 Å². The minimum atomic E-state index is 0.478. The first kappa shape index (κ1) is 16.5. The third-order valence-electron chi connectivity index (χ3n) is 4.56. The summed E-state index contributed by atoms with van der Waals surface area (Å²) in [6.07, 6.45) is 6.68. The molecule has 1 aliphatic rings. The Bertz CT molecular complexity index is 417. The molecule has 1 aliphatic carbocycles. The molecule has 0 saturated heterocycles. The average molecular weight is 288 g/mol. The van der Waals surface area contributed by atoms with Gasteiger partial charge < -0.3 is 10.2 Å². The summed E-state index contributed by atoms with van der Waals surface area (Å²) < 4.78 is 0. The van der Waals surface area contributed by atoms with E-state index in [1.165, 1.54) is 61.9 Å². The summed E-state index contributed by atoms with van der Waals surface area (Å²) in [6.45, 7) is 9.19. The van der Waals surface area contributed by atoms with E-state index in [2.05, 4.69) is 56.2 Å². The molecule has 1 N–H and O–H groups in total. The molecule has 0 amide bonds. The van der Waals surface area contributed by atoms with Gasteiger partial charge in [0.15, 0.2) is 0 Å². The molecule has 0 radical (unpaired) electrons. The lowest BCUT2D eigenvalue weighted by Crippen LogP contribution is -2.31. The number of rotatable bonds is 9. The number of hydrogen-bond acceptors (Lipinski definition) is 2. The molecule has 2 nitrogen and oxygen atoms in total. The largest absolute Gasteiger partial charge is 0.313 e. The van der Waals surface area contributed by atoms with Crippen molar-refractivity contribution in [3.05, 3.63) is 34.9 Å². The van der Waals surface area contributed by atoms with Crippen molar-refractivity contribution in [3.8, 4) is 0 Å². The van der Waals surface area contributed by atoms with Crippen molar-refractivity contribution >= 4 is 0 Å². The molecular weight excluding hydrogens is 256 g/mol. The summed E-state index contributed by atoms with van der Waals surface area (Å²) in [5.41, 5.74) is 4.19. The second-order valence-electron chi connectivity index (χ2n) is 6.67. The van der Waals surface area contributed by atoms with Crippen molar-refractivity contribution in [2.24, 2.45) is 0 Å². The van der Waals surface area contributed by atoms with Crippen molar-refractivity contribution in [2.75, 3.05) is 20.1 Å². The monoisotopic (exact) mass is 288 g/mol. The molecule has 21 heavy (non-hydrogen) atoms. The molecule has 1 fully saturated rings. The van der Waals surface area contributed by atoms with Gasteiger partial charge in [-0.1, -0.05) is 42.7 Å². The van der Waals surface area contributed by atoms with Gasteiger partial charge in [-0.05, 0) is 58.7 Å². The quantitative estimate of drug-likeness (QED) is 0.732. The number of hydrogen-bond donors (Lipinski definition) is 1. The molecule has 2 heteroatoms. The zero-order valence-corrected chi connectivity index (χ0v) is 14.3. The fourth-order valence-corrected chi connectivity index (χ4v) is 3.26. The number of nitrogens with one attached hydrogen (secondary N) is 1. The van der Waals surface area contributed by atoms with Gasteiger partial charge in [0.25, 0.3) is 0 Å². The molecule has 0 bridgehead atoms. The van der Waals surface area contributed by atoms with Crippen LogP contribution in [0.25, 0.3) is 0 Å². The Morgan fingerprint density at radius 1 is 1.14 bits per heavy atom. The molecule has 1 aromatic rings. The Morgan fingerprint density at radius 3 is 2.33 bits per heavy atom. The van der Waals surface area contributed by atoms with Crippen LogP contribution in [-0.2, 0) is 0 Å². The van der Waals surface area contributed by atoms with Crippen LogP contribution in [0.2, 0.25) is 0 Å². The Morgan fingerprint density at radius 2 is 1.81 bits per heavy atom. The first-order valence-electron chi connectivity index (χ1n) is 8.63. The molecule has 0 heterocycles. The van der Waals surface area contributed by atoms with Gasteiger partial charge >= 0.3 is 0 Å². The lowest BCUT2D eigenvalue weighted by Gasteiger charge is -2.25. The molecule has 0 spiro atoms. The van der Waals surface area contributed by atoms with Crippen molar-refractivity contribution in [3.63, 3.8) is 0 Å². The van der Waals surface area contributed by atoms with E-state index in [-0.39, 0.29) is 0 Å². The first-order valence-corrected chi connectivity index (χ1v) is 8.63. The molecule has 2 rings (SSSR count). The Labute approximate surface area is 130 Å². The highest BCUT2D eigenvalue weighted by Gasteiger charge is 2.28. The summed E-state index contributed by atoms with van der Waals surface area (Å²) in [5, 5.41) is 3.52. The van der Waals surface area contributed by atoms with Crippen LogP contribution in [-0.4, -0.2) is 31.1 Å². The van der Waals surface area contributed by atoms with Crippen molar-refractivity contribution in [2.45, 2.75) is 65.0 Å². The number of nitrogens with zero attached hydrogens (tertiary/aromatic N) is 1. The second-order valence-corrected chi connectivity index (χ2v) is 6.67. The van der Waals surface area contributed by atoms with Crippen molar-refractivity contribution < 1.29 is 0 Å². The molecular formula is C19H32N2. The normalized spacial score (nSPS) is 16.4. The van der Waals surface area contributed by atoms with E-state index < -0.39 is 0 Å². The van der Waals surface area contributed by atoms with E-state index in [1.807, 2.05) is 0 Å². The first-order chi connectivity index (χ1) is 10.1. The SMILES string of the molecule is CCCCN(CCC(NC)c1cc(C)cc(C)c1)C1CC1. The van der Waals surface area contributed by atoms with Gasteiger partial charge in [0, 0.05) is 18.6 Å². The Balaban J connectivity index is 1.94. The minimum absolute atomic E-state index is 0.478. The zero-order valence-electron chi connectivity index (χ0n) is 14.3. The standard InChI is InChI=1S/C19H32N2/c1-5-6-10-21(18-7-8-18)11-9-19(20-4)17-13-15(2)12-16(3)14-17/h12-14,18-20H,5-11H2,1-4H3. The summed E-state index contributed by atoms with van der Waals surface area (Å²) in [5.74, 6) is 0. The van der Waals surface area contributed by atoms with E-state index >= 15 is 0 Å². The highest BCUT2D eigenvalue weighted by atomic mass is 15.2. The van der Waals surface area contributed by atoms with Crippen LogP contribution < -0.4 is 5.32 Å². The molecule has 0 aromatic heterocycles. The summed E-state index contributed by atoms with van der Waals surface area (Å²) in [4.78, 5) is 2.72. The van der Waals surface area contributed by atoms with Gasteiger partial charge in [-0.15, -0.1) is 0 Å². The predicted octanol–water partition coefficient (Wildman–Crippen LogP) is 4.22. The van der Waals surface area contributed by atoms with Gasteiger partial charge in [0.05, 0.1) is 0 Å². The number of unbranched alkanes of at least 4 members (excludes halogenated alkanes) is 1. The molecule has 1 atom stereocenters. The highest BCUT2D eigenvalue weighted by Crippen LogP contribution is 2.28. The summed E-state index contributed by atoms with van der Waals surface area (Å²) in [7, 11) is 2.09. The fraction of sp³-hybridized carbons (Fsp3) is 0.684. The summed E-state index contributed by atoms with van der Waals surface area (Å²) in [6, 6.07) is 8.29. The molecule has 1 unspecified atom stereocenters. The van der Waals surface area contributed by atoms with Crippen molar-refractivity contribution in [1.82, 2.24) is 10.2 Å². The second kappa shape index (κ2) is 7.95. The highest BCUT2D eigenvalue weighted by molar-refractivity contribution is 5.30. The van der Waals surface area contributed by atoms with E-state index in [1.54, 1.807) is 0 Å². The maximum absolute atomic E-state index is 3.52. The van der Waals surface area contributed by atoms with Gasteiger partial charge in [-0.3, -0.25) is 0 Å². The summed E-state index contributed by atoms with van der Waals surface area (Å²) >= 11 is 0.